The molecule has 0 spiro atoms. The van der Waals surface area contributed by atoms with Gasteiger partial charge >= 0.3 is 0 Å². The van der Waals surface area contributed by atoms with Crippen molar-refractivity contribution in [2.24, 2.45) is 11.8 Å². The number of rotatable bonds is 6. The van der Waals surface area contributed by atoms with Crippen LogP contribution >= 0.6 is 0 Å². The topological polar surface area (TPSA) is 95.6 Å². The SMILES string of the molecule is CC(C)NC(=O)CNC(=O)c1ccc(S(=O)(=O)N2C[C@H](C)C[C@@H](C)C2)cc1. The lowest BCUT2D eigenvalue weighted by Crippen LogP contribution is -2.42. The predicted molar refractivity (Wildman–Crippen MR) is 104 cm³/mol. The van der Waals surface area contributed by atoms with Crippen molar-refractivity contribution in [3.8, 4) is 0 Å². The molecule has 1 aliphatic rings. The number of hydrogen-bond donors (Lipinski definition) is 2. The molecule has 0 unspecified atom stereocenters. The van der Waals surface area contributed by atoms with Gasteiger partial charge in [0, 0.05) is 24.7 Å². The van der Waals surface area contributed by atoms with Crippen LogP contribution in [0.25, 0.3) is 0 Å². The van der Waals surface area contributed by atoms with Crippen LogP contribution in [-0.4, -0.2) is 50.2 Å². The zero-order valence-electron chi connectivity index (χ0n) is 16.4. The average molecular weight is 396 g/mol. The van der Waals surface area contributed by atoms with E-state index in [9.17, 15) is 18.0 Å². The number of carbonyl (C=O) groups excluding carboxylic acids is 2. The first-order valence-corrected chi connectivity index (χ1v) is 10.7. The number of benzene rings is 1. The molecule has 7 nitrogen and oxygen atoms in total. The molecule has 2 amide bonds. The zero-order valence-corrected chi connectivity index (χ0v) is 17.2. The van der Waals surface area contributed by atoms with Gasteiger partial charge in [-0.3, -0.25) is 9.59 Å². The second-order valence-corrected chi connectivity index (χ2v) is 9.64. The molecule has 1 fully saturated rings. The van der Waals surface area contributed by atoms with Gasteiger partial charge in [-0.05, 0) is 56.4 Å². The van der Waals surface area contributed by atoms with Crippen molar-refractivity contribution >= 4 is 21.8 Å². The predicted octanol–water partition coefficient (Wildman–Crippen LogP) is 1.61. The molecule has 1 heterocycles. The molecule has 150 valence electrons. The van der Waals surface area contributed by atoms with E-state index < -0.39 is 15.9 Å². The number of amides is 2. The van der Waals surface area contributed by atoms with E-state index in [1.807, 2.05) is 13.8 Å². The van der Waals surface area contributed by atoms with E-state index in [1.165, 1.54) is 28.6 Å². The fraction of sp³-hybridized carbons (Fsp3) is 0.579. The number of nitrogens with zero attached hydrogens (tertiary/aromatic N) is 1. The third-order valence-electron chi connectivity index (χ3n) is 4.45. The fourth-order valence-corrected chi connectivity index (χ4v) is 5.04. The largest absolute Gasteiger partial charge is 0.352 e. The van der Waals surface area contributed by atoms with E-state index in [4.69, 9.17) is 0 Å². The molecule has 8 heteroatoms. The molecule has 1 aromatic rings. The molecule has 1 saturated heterocycles. The van der Waals surface area contributed by atoms with Crippen LogP contribution in [0.3, 0.4) is 0 Å². The van der Waals surface area contributed by atoms with Crippen LogP contribution in [0.1, 0.15) is 44.5 Å². The van der Waals surface area contributed by atoms with Gasteiger partial charge in [0.1, 0.15) is 0 Å². The summed E-state index contributed by atoms with van der Waals surface area (Å²) in [5.74, 6) is -0.0416. The lowest BCUT2D eigenvalue weighted by molar-refractivity contribution is -0.120. The Morgan fingerprint density at radius 3 is 2.19 bits per heavy atom. The zero-order chi connectivity index (χ0) is 20.2. The van der Waals surface area contributed by atoms with E-state index in [2.05, 4.69) is 24.5 Å². The highest BCUT2D eigenvalue weighted by atomic mass is 32.2. The van der Waals surface area contributed by atoms with Crippen molar-refractivity contribution in [3.05, 3.63) is 29.8 Å². The smallest absolute Gasteiger partial charge is 0.251 e. The highest BCUT2D eigenvalue weighted by molar-refractivity contribution is 7.89. The third kappa shape index (κ3) is 5.77. The molecular weight excluding hydrogens is 366 g/mol. The Labute approximate surface area is 161 Å². The Morgan fingerprint density at radius 1 is 1.11 bits per heavy atom. The molecule has 27 heavy (non-hydrogen) atoms. The van der Waals surface area contributed by atoms with Crippen LogP contribution in [0, 0.1) is 11.8 Å². The quantitative estimate of drug-likeness (QED) is 0.765. The van der Waals surface area contributed by atoms with Gasteiger partial charge in [-0.15, -0.1) is 0 Å². The number of piperidine rings is 1. The summed E-state index contributed by atoms with van der Waals surface area (Å²) in [6.07, 6.45) is 1.02. The Balaban J connectivity index is 2.03. The second kappa shape index (κ2) is 8.84. The van der Waals surface area contributed by atoms with Crippen LogP contribution in [0.2, 0.25) is 0 Å². The van der Waals surface area contributed by atoms with Gasteiger partial charge in [-0.2, -0.15) is 4.31 Å². The second-order valence-electron chi connectivity index (χ2n) is 7.70. The monoisotopic (exact) mass is 395 g/mol. The molecule has 2 N–H and O–H groups in total. The minimum absolute atomic E-state index is 0.000818. The van der Waals surface area contributed by atoms with Crippen LogP contribution in [-0.2, 0) is 14.8 Å². The van der Waals surface area contributed by atoms with E-state index in [0.717, 1.165) is 6.42 Å². The molecule has 2 atom stereocenters. The first-order chi connectivity index (χ1) is 12.6. The summed E-state index contributed by atoms with van der Waals surface area (Å²) >= 11 is 0. The third-order valence-corrected chi connectivity index (χ3v) is 6.29. The number of carbonyl (C=O) groups is 2. The first-order valence-electron chi connectivity index (χ1n) is 9.27. The maximum absolute atomic E-state index is 12.8. The summed E-state index contributed by atoms with van der Waals surface area (Å²) in [4.78, 5) is 23.9. The van der Waals surface area contributed by atoms with Gasteiger partial charge in [0.05, 0.1) is 11.4 Å². The molecule has 1 aliphatic heterocycles. The lowest BCUT2D eigenvalue weighted by Gasteiger charge is -2.34. The van der Waals surface area contributed by atoms with Gasteiger partial charge in [0.15, 0.2) is 0 Å². The van der Waals surface area contributed by atoms with Gasteiger partial charge in [-0.25, -0.2) is 8.42 Å². The number of hydrogen-bond acceptors (Lipinski definition) is 4. The standard InChI is InChI=1S/C19H29N3O4S/c1-13(2)21-18(23)10-20-19(24)16-5-7-17(8-6-16)27(25,26)22-11-14(3)9-15(4)12-22/h5-8,13-15H,9-12H2,1-4H3,(H,20,24)(H,21,23)/t14-,15-/m1/s1. The van der Waals surface area contributed by atoms with Gasteiger partial charge in [-0.1, -0.05) is 13.8 Å². The first kappa shape index (κ1) is 21.4. The van der Waals surface area contributed by atoms with Gasteiger partial charge < -0.3 is 10.6 Å². The molecule has 0 bridgehead atoms. The maximum Gasteiger partial charge on any atom is 0.251 e. The van der Waals surface area contributed by atoms with Crippen molar-refractivity contribution in [1.29, 1.82) is 0 Å². The normalized spacial score (nSPS) is 21.1. The van der Waals surface area contributed by atoms with E-state index in [-0.39, 0.29) is 23.4 Å². The van der Waals surface area contributed by atoms with Gasteiger partial charge in [0.25, 0.3) is 5.91 Å². The average Bonchev–Trinajstić information content (AvgIpc) is 2.58. The van der Waals surface area contributed by atoms with Crippen LogP contribution in [0.4, 0.5) is 0 Å². The molecular formula is C19H29N3O4S. The van der Waals surface area contributed by atoms with E-state index in [0.29, 0.717) is 30.5 Å². The fourth-order valence-electron chi connectivity index (χ4n) is 3.36. The van der Waals surface area contributed by atoms with Crippen molar-refractivity contribution in [3.63, 3.8) is 0 Å². The minimum Gasteiger partial charge on any atom is -0.352 e. The van der Waals surface area contributed by atoms with Crippen LogP contribution in [0.5, 0.6) is 0 Å². The Kier molecular flexibility index (Phi) is 7.00. The van der Waals surface area contributed by atoms with E-state index >= 15 is 0 Å². The lowest BCUT2D eigenvalue weighted by atomic mass is 9.94. The number of nitrogens with one attached hydrogen (secondary N) is 2. The maximum atomic E-state index is 12.8. The van der Waals surface area contributed by atoms with Gasteiger partial charge in [0.2, 0.25) is 15.9 Å². The van der Waals surface area contributed by atoms with Crippen molar-refractivity contribution < 1.29 is 18.0 Å². The van der Waals surface area contributed by atoms with Crippen LogP contribution < -0.4 is 10.6 Å². The molecule has 0 aliphatic carbocycles. The summed E-state index contributed by atoms with van der Waals surface area (Å²) in [7, 11) is -3.57. The summed E-state index contributed by atoms with van der Waals surface area (Å²) in [6, 6.07) is 5.84. The molecule has 1 aromatic carbocycles. The molecule has 0 saturated carbocycles. The summed E-state index contributed by atoms with van der Waals surface area (Å²) in [6.45, 7) is 8.69. The van der Waals surface area contributed by atoms with E-state index in [1.54, 1.807) is 0 Å². The summed E-state index contributed by atoms with van der Waals surface area (Å²) in [5.41, 5.74) is 0.312. The van der Waals surface area contributed by atoms with Crippen molar-refractivity contribution in [2.75, 3.05) is 19.6 Å². The van der Waals surface area contributed by atoms with Crippen LogP contribution in [0.15, 0.2) is 29.2 Å². The molecule has 0 aromatic heterocycles. The number of sulfonamides is 1. The molecule has 0 radical (unpaired) electrons. The summed E-state index contributed by atoms with van der Waals surface area (Å²) in [5, 5.41) is 5.21. The Morgan fingerprint density at radius 2 is 1.67 bits per heavy atom. The molecule has 2 rings (SSSR count). The highest BCUT2D eigenvalue weighted by Crippen LogP contribution is 2.26. The summed E-state index contributed by atoms with van der Waals surface area (Å²) < 4.78 is 27.2. The Hall–Kier alpha value is -1.93. The Bertz CT molecular complexity index is 765. The minimum atomic E-state index is -3.57. The highest BCUT2D eigenvalue weighted by Gasteiger charge is 2.31. The van der Waals surface area contributed by atoms with Crippen molar-refractivity contribution in [2.45, 2.75) is 45.1 Å². The van der Waals surface area contributed by atoms with Crippen molar-refractivity contribution in [1.82, 2.24) is 14.9 Å².